The molecule has 0 heterocycles. The lowest BCUT2D eigenvalue weighted by Crippen LogP contribution is -2.42. The fourth-order valence-corrected chi connectivity index (χ4v) is 3.31. The maximum absolute atomic E-state index is 12.1. The summed E-state index contributed by atoms with van der Waals surface area (Å²) in [4.78, 5) is 12.1. The quantitative estimate of drug-likeness (QED) is 0.869. The van der Waals surface area contributed by atoms with Crippen molar-refractivity contribution < 1.29 is 14.3 Å². The largest absolute Gasteiger partial charge is 0.493 e. The molecule has 23 heavy (non-hydrogen) atoms. The molecule has 0 radical (unpaired) electrons. The number of amides is 1. The maximum Gasteiger partial charge on any atom is 0.223 e. The fraction of sp³-hybridized carbons (Fsp3) is 0.632. The smallest absolute Gasteiger partial charge is 0.223 e. The summed E-state index contributed by atoms with van der Waals surface area (Å²) in [7, 11) is 1.62. The molecule has 3 unspecified atom stereocenters. The van der Waals surface area contributed by atoms with Gasteiger partial charge in [0.2, 0.25) is 5.91 Å². The summed E-state index contributed by atoms with van der Waals surface area (Å²) in [6.45, 7) is 6.89. The van der Waals surface area contributed by atoms with Crippen LogP contribution in [0.4, 0.5) is 0 Å². The van der Waals surface area contributed by atoms with Gasteiger partial charge in [-0.25, -0.2) is 0 Å². The number of benzene rings is 1. The predicted octanol–water partition coefficient (Wildman–Crippen LogP) is 3.71. The zero-order valence-electron chi connectivity index (χ0n) is 14.7. The van der Waals surface area contributed by atoms with E-state index in [1.54, 1.807) is 7.11 Å². The van der Waals surface area contributed by atoms with Crippen LogP contribution < -0.4 is 14.8 Å². The number of ether oxygens (including phenoxy) is 2. The van der Waals surface area contributed by atoms with Gasteiger partial charge in [-0.2, -0.15) is 0 Å². The Morgan fingerprint density at radius 1 is 1.26 bits per heavy atom. The lowest BCUT2D eigenvalue weighted by atomic mass is 9.80. The topological polar surface area (TPSA) is 47.6 Å². The molecule has 4 nitrogen and oxygen atoms in total. The highest BCUT2D eigenvalue weighted by Gasteiger charge is 2.26. The number of nitrogens with one attached hydrogen (secondary N) is 1. The van der Waals surface area contributed by atoms with Crippen LogP contribution in [0.5, 0.6) is 11.5 Å². The molecule has 0 bridgehead atoms. The molecule has 1 amide bonds. The molecule has 1 N–H and O–H groups in total. The van der Waals surface area contributed by atoms with Crippen LogP contribution in [0.3, 0.4) is 0 Å². The van der Waals surface area contributed by atoms with Crippen LogP contribution in [-0.4, -0.2) is 25.7 Å². The van der Waals surface area contributed by atoms with Crippen molar-refractivity contribution in [1.82, 2.24) is 5.32 Å². The van der Waals surface area contributed by atoms with Crippen molar-refractivity contribution in [3.8, 4) is 11.5 Å². The molecule has 128 valence electrons. The van der Waals surface area contributed by atoms with Crippen LogP contribution in [-0.2, 0) is 4.79 Å². The van der Waals surface area contributed by atoms with E-state index in [4.69, 9.17) is 9.47 Å². The van der Waals surface area contributed by atoms with Gasteiger partial charge in [0.25, 0.3) is 0 Å². The number of carbonyl (C=O) groups excluding carboxylic acids is 1. The van der Waals surface area contributed by atoms with Gasteiger partial charge < -0.3 is 14.8 Å². The molecule has 2 rings (SSSR count). The number of rotatable bonds is 6. The molecule has 1 saturated carbocycles. The summed E-state index contributed by atoms with van der Waals surface area (Å²) in [6, 6.07) is 6.10. The Morgan fingerprint density at radius 2 is 2.04 bits per heavy atom. The highest BCUT2D eigenvalue weighted by molar-refractivity contribution is 5.76. The molecule has 4 heteroatoms. The maximum atomic E-state index is 12.1. The van der Waals surface area contributed by atoms with E-state index in [-0.39, 0.29) is 5.91 Å². The Balaban J connectivity index is 1.77. The third-order valence-corrected chi connectivity index (χ3v) is 4.68. The normalized spacial score (nSPS) is 24.1. The Bertz CT molecular complexity index is 529. The summed E-state index contributed by atoms with van der Waals surface area (Å²) in [6.07, 6.45) is 3.85. The van der Waals surface area contributed by atoms with Crippen LogP contribution >= 0.6 is 0 Å². The number of methoxy groups -OCH3 is 1. The molecule has 1 aromatic carbocycles. The summed E-state index contributed by atoms with van der Waals surface area (Å²) in [5, 5.41) is 3.16. The summed E-state index contributed by atoms with van der Waals surface area (Å²) >= 11 is 0. The van der Waals surface area contributed by atoms with E-state index in [1.807, 2.05) is 25.1 Å². The van der Waals surface area contributed by atoms with Gasteiger partial charge in [-0.05, 0) is 55.7 Å². The molecular weight excluding hydrogens is 290 g/mol. The second-order valence-corrected chi connectivity index (χ2v) is 6.82. The van der Waals surface area contributed by atoms with Crippen molar-refractivity contribution in [2.75, 3.05) is 13.7 Å². The molecule has 0 aliphatic heterocycles. The van der Waals surface area contributed by atoms with Crippen molar-refractivity contribution in [3.05, 3.63) is 23.8 Å². The van der Waals surface area contributed by atoms with Crippen molar-refractivity contribution in [2.45, 2.75) is 52.5 Å². The van der Waals surface area contributed by atoms with Gasteiger partial charge in [-0.1, -0.05) is 19.9 Å². The predicted molar refractivity (Wildman–Crippen MR) is 92.0 cm³/mol. The third kappa shape index (κ3) is 5.15. The third-order valence-electron chi connectivity index (χ3n) is 4.68. The highest BCUT2D eigenvalue weighted by atomic mass is 16.5. The van der Waals surface area contributed by atoms with E-state index in [0.717, 1.165) is 17.9 Å². The molecule has 1 aromatic rings. The van der Waals surface area contributed by atoms with Crippen molar-refractivity contribution >= 4 is 5.91 Å². The van der Waals surface area contributed by atoms with Crippen LogP contribution in [0, 0.1) is 18.8 Å². The summed E-state index contributed by atoms with van der Waals surface area (Å²) in [5.41, 5.74) is 1.12. The minimum atomic E-state index is 0.0717. The lowest BCUT2D eigenvalue weighted by molar-refractivity contribution is -0.122. The summed E-state index contributed by atoms with van der Waals surface area (Å²) in [5.74, 6) is 2.80. The van der Waals surface area contributed by atoms with Crippen molar-refractivity contribution in [3.63, 3.8) is 0 Å². The van der Waals surface area contributed by atoms with Gasteiger partial charge in [0, 0.05) is 6.04 Å². The van der Waals surface area contributed by atoms with Gasteiger partial charge >= 0.3 is 0 Å². The number of carbonyl (C=O) groups is 1. The molecule has 0 spiro atoms. The average Bonchev–Trinajstić information content (AvgIpc) is 2.51. The zero-order chi connectivity index (χ0) is 16.8. The minimum Gasteiger partial charge on any atom is -0.493 e. The lowest BCUT2D eigenvalue weighted by Gasteiger charge is -2.33. The Hall–Kier alpha value is -1.71. The molecule has 0 aromatic heterocycles. The standard InChI is InChI=1S/C19H29NO3/c1-13-5-7-16(15(3)11-13)20-19(21)9-10-23-17-8-6-14(2)12-18(17)22-4/h6,8,12-13,15-16H,5,7,9-11H2,1-4H3,(H,20,21). The van der Waals surface area contributed by atoms with Crippen LogP contribution in [0.25, 0.3) is 0 Å². The first-order valence-electron chi connectivity index (χ1n) is 8.56. The first kappa shape index (κ1) is 17.6. The first-order valence-corrected chi connectivity index (χ1v) is 8.56. The molecule has 1 aliphatic rings. The van der Waals surface area contributed by atoms with Gasteiger partial charge in [-0.15, -0.1) is 0 Å². The molecular formula is C19H29NO3. The summed E-state index contributed by atoms with van der Waals surface area (Å²) < 4.78 is 11.0. The molecule has 0 saturated heterocycles. The zero-order valence-corrected chi connectivity index (χ0v) is 14.7. The number of hydrogen-bond acceptors (Lipinski definition) is 3. The van der Waals surface area contributed by atoms with Gasteiger partial charge in [0.15, 0.2) is 11.5 Å². The highest BCUT2D eigenvalue weighted by Crippen LogP contribution is 2.29. The van der Waals surface area contributed by atoms with E-state index in [2.05, 4.69) is 19.2 Å². The van der Waals surface area contributed by atoms with E-state index in [9.17, 15) is 4.79 Å². The first-order chi connectivity index (χ1) is 11.0. The van der Waals surface area contributed by atoms with Gasteiger partial charge in [-0.3, -0.25) is 4.79 Å². The monoisotopic (exact) mass is 319 g/mol. The Morgan fingerprint density at radius 3 is 2.74 bits per heavy atom. The van der Waals surface area contributed by atoms with E-state index in [1.165, 1.54) is 12.8 Å². The molecule has 1 fully saturated rings. The Kier molecular flexibility index (Phi) is 6.31. The second-order valence-electron chi connectivity index (χ2n) is 6.82. The van der Waals surface area contributed by atoms with Gasteiger partial charge in [0.05, 0.1) is 20.1 Å². The van der Waals surface area contributed by atoms with Crippen LogP contribution in [0.1, 0.15) is 45.1 Å². The average molecular weight is 319 g/mol. The number of aryl methyl sites for hydroxylation is 1. The minimum absolute atomic E-state index is 0.0717. The van der Waals surface area contributed by atoms with E-state index in [0.29, 0.717) is 36.5 Å². The SMILES string of the molecule is COc1cc(C)ccc1OCCC(=O)NC1CCC(C)CC1C. The Labute approximate surface area is 139 Å². The van der Waals surface area contributed by atoms with E-state index < -0.39 is 0 Å². The second kappa shape index (κ2) is 8.23. The van der Waals surface area contributed by atoms with Crippen LogP contribution in [0.15, 0.2) is 18.2 Å². The fourth-order valence-electron chi connectivity index (χ4n) is 3.31. The van der Waals surface area contributed by atoms with Gasteiger partial charge in [0.1, 0.15) is 0 Å². The molecule has 3 atom stereocenters. The van der Waals surface area contributed by atoms with Crippen molar-refractivity contribution in [2.24, 2.45) is 11.8 Å². The van der Waals surface area contributed by atoms with Crippen LogP contribution in [0.2, 0.25) is 0 Å². The van der Waals surface area contributed by atoms with E-state index >= 15 is 0 Å². The molecule has 1 aliphatic carbocycles. The van der Waals surface area contributed by atoms with Crippen molar-refractivity contribution in [1.29, 1.82) is 0 Å². The number of hydrogen-bond donors (Lipinski definition) is 1.